The first-order valence-corrected chi connectivity index (χ1v) is 7.81. The van der Waals surface area contributed by atoms with E-state index in [4.69, 9.17) is 4.74 Å². The van der Waals surface area contributed by atoms with Crippen molar-refractivity contribution in [2.45, 2.75) is 38.5 Å². The van der Waals surface area contributed by atoms with Crippen LogP contribution in [-0.2, 0) is 17.6 Å². The van der Waals surface area contributed by atoms with E-state index in [-0.39, 0.29) is 5.92 Å². The molecule has 3 rings (SSSR count). The fraction of sp³-hybridized carbons (Fsp3) is 0.588. The van der Waals surface area contributed by atoms with Crippen LogP contribution in [0.25, 0.3) is 0 Å². The molecule has 1 aliphatic heterocycles. The number of hydrogen-bond donors (Lipinski definition) is 1. The molecule has 3 nitrogen and oxygen atoms in total. The molecule has 0 radical (unpaired) electrons. The highest BCUT2D eigenvalue weighted by molar-refractivity contribution is 5.81. The number of aryl methyl sites for hydroxylation is 2. The van der Waals surface area contributed by atoms with Gasteiger partial charge >= 0.3 is 0 Å². The Morgan fingerprint density at radius 1 is 1.20 bits per heavy atom. The zero-order valence-corrected chi connectivity index (χ0v) is 12.0. The lowest BCUT2D eigenvalue weighted by molar-refractivity contribution is -0.124. The number of carbonyl (C=O) groups excluding carboxylic acids is 1. The fourth-order valence-electron chi connectivity index (χ4n) is 3.26. The lowest BCUT2D eigenvalue weighted by Crippen LogP contribution is -2.32. The zero-order chi connectivity index (χ0) is 13.8. The SMILES string of the molecule is O=C(CCOc1ccc2c(c1)CCC2)C1CCNCC1. The summed E-state index contributed by atoms with van der Waals surface area (Å²) in [6, 6.07) is 6.36. The molecule has 1 aliphatic carbocycles. The highest BCUT2D eigenvalue weighted by Gasteiger charge is 2.20. The van der Waals surface area contributed by atoms with Gasteiger partial charge in [0.25, 0.3) is 0 Å². The maximum absolute atomic E-state index is 12.1. The monoisotopic (exact) mass is 273 g/mol. The third kappa shape index (κ3) is 3.21. The molecule has 1 heterocycles. The lowest BCUT2D eigenvalue weighted by atomic mass is 9.92. The van der Waals surface area contributed by atoms with Gasteiger partial charge in [0.15, 0.2) is 0 Å². The number of benzene rings is 1. The summed E-state index contributed by atoms with van der Waals surface area (Å²) in [5.74, 6) is 1.54. The van der Waals surface area contributed by atoms with E-state index >= 15 is 0 Å². The van der Waals surface area contributed by atoms with Gasteiger partial charge < -0.3 is 10.1 Å². The van der Waals surface area contributed by atoms with Crippen molar-refractivity contribution in [2.75, 3.05) is 19.7 Å². The quantitative estimate of drug-likeness (QED) is 0.896. The van der Waals surface area contributed by atoms with Crippen molar-refractivity contribution < 1.29 is 9.53 Å². The van der Waals surface area contributed by atoms with Gasteiger partial charge in [0.05, 0.1) is 6.61 Å². The Morgan fingerprint density at radius 3 is 2.85 bits per heavy atom. The Bertz CT molecular complexity index is 478. The van der Waals surface area contributed by atoms with E-state index in [1.165, 1.54) is 30.4 Å². The third-order valence-corrected chi connectivity index (χ3v) is 4.48. The Hall–Kier alpha value is -1.35. The summed E-state index contributed by atoms with van der Waals surface area (Å²) in [5, 5.41) is 3.29. The van der Waals surface area contributed by atoms with Gasteiger partial charge in [-0.05, 0) is 68.5 Å². The number of Topliss-reactive ketones (excluding diaryl/α,β-unsaturated/α-hetero) is 1. The van der Waals surface area contributed by atoms with Crippen LogP contribution in [-0.4, -0.2) is 25.5 Å². The molecular formula is C17H23NO2. The van der Waals surface area contributed by atoms with Crippen LogP contribution >= 0.6 is 0 Å². The highest BCUT2D eigenvalue weighted by Crippen LogP contribution is 2.26. The number of ketones is 1. The zero-order valence-electron chi connectivity index (χ0n) is 12.0. The van der Waals surface area contributed by atoms with Crippen molar-refractivity contribution in [3.63, 3.8) is 0 Å². The molecule has 20 heavy (non-hydrogen) atoms. The standard InChI is InChI=1S/C17H23NO2/c19-17(14-6-9-18-10-7-14)8-11-20-16-5-4-13-2-1-3-15(13)12-16/h4-5,12,14,18H,1-3,6-11H2. The predicted octanol–water partition coefficient (Wildman–Crippen LogP) is 2.51. The molecule has 0 spiro atoms. The first kappa shape index (κ1) is 13.6. The van der Waals surface area contributed by atoms with Crippen LogP contribution in [0.3, 0.4) is 0 Å². The van der Waals surface area contributed by atoms with Crippen LogP contribution in [0.2, 0.25) is 0 Å². The maximum atomic E-state index is 12.1. The molecule has 1 fully saturated rings. The van der Waals surface area contributed by atoms with E-state index in [2.05, 4.69) is 17.4 Å². The van der Waals surface area contributed by atoms with E-state index in [0.29, 0.717) is 18.8 Å². The van der Waals surface area contributed by atoms with Crippen molar-refractivity contribution in [3.05, 3.63) is 29.3 Å². The average molecular weight is 273 g/mol. The number of rotatable bonds is 5. The number of hydrogen-bond acceptors (Lipinski definition) is 3. The molecule has 0 bridgehead atoms. The summed E-state index contributed by atoms with van der Waals surface area (Å²) in [5.41, 5.74) is 2.88. The number of nitrogens with one attached hydrogen (secondary N) is 1. The van der Waals surface area contributed by atoms with E-state index in [0.717, 1.165) is 31.7 Å². The topological polar surface area (TPSA) is 38.3 Å². The van der Waals surface area contributed by atoms with Crippen molar-refractivity contribution >= 4 is 5.78 Å². The van der Waals surface area contributed by atoms with Crippen LogP contribution in [0.5, 0.6) is 5.75 Å². The number of ether oxygens (including phenoxy) is 1. The Balaban J connectivity index is 1.46. The Morgan fingerprint density at radius 2 is 2.00 bits per heavy atom. The summed E-state index contributed by atoms with van der Waals surface area (Å²) in [6.45, 7) is 2.46. The molecular weight excluding hydrogens is 250 g/mol. The van der Waals surface area contributed by atoms with Crippen molar-refractivity contribution in [3.8, 4) is 5.75 Å². The summed E-state index contributed by atoms with van der Waals surface area (Å²) in [4.78, 5) is 12.1. The molecule has 1 N–H and O–H groups in total. The number of fused-ring (bicyclic) bond motifs is 1. The second kappa shape index (κ2) is 6.40. The summed E-state index contributed by atoms with van der Waals surface area (Å²) < 4.78 is 5.76. The highest BCUT2D eigenvalue weighted by atomic mass is 16.5. The second-order valence-corrected chi connectivity index (χ2v) is 5.87. The Labute approximate surface area is 120 Å². The minimum absolute atomic E-state index is 0.250. The van der Waals surface area contributed by atoms with E-state index < -0.39 is 0 Å². The lowest BCUT2D eigenvalue weighted by Gasteiger charge is -2.21. The smallest absolute Gasteiger partial charge is 0.139 e. The molecule has 0 saturated carbocycles. The van der Waals surface area contributed by atoms with Crippen LogP contribution in [0, 0.1) is 5.92 Å². The van der Waals surface area contributed by atoms with Crippen molar-refractivity contribution in [1.29, 1.82) is 0 Å². The van der Waals surface area contributed by atoms with Crippen molar-refractivity contribution in [2.24, 2.45) is 5.92 Å². The minimum Gasteiger partial charge on any atom is -0.493 e. The molecule has 0 amide bonds. The molecule has 1 saturated heterocycles. The predicted molar refractivity (Wildman–Crippen MR) is 79.2 cm³/mol. The normalized spacial score (nSPS) is 18.8. The molecule has 0 atom stereocenters. The molecule has 2 aliphatic rings. The van der Waals surface area contributed by atoms with Crippen LogP contribution in [0.4, 0.5) is 0 Å². The summed E-state index contributed by atoms with van der Waals surface area (Å²) in [7, 11) is 0. The molecule has 0 aromatic heterocycles. The largest absolute Gasteiger partial charge is 0.493 e. The first-order valence-electron chi connectivity index (χ1n) is 7.81. The van der Waals surface area contributed by atoms with Crippen molar-refractivity contribution in [1.82, 2.24) is 5.32 Å². The maximum Gasteiger partial charge on any atom is 0.139 e. The molecule has 3 heteroatoms. The van der Waals surface area contributed by atoms with Gasteiger partial charge in [-0.25, -0.2) is 0 Å². The molecule has 0 unspecified atom stereocenters. The minimum atomic E-state index is 0.250. The van der Waals surface area contributed by atoms with E-state index in [1.807, 2.05) is 6.07 Å². The Kier molecular flexibility index (Phi) is 4.36. The van der Waals surface area contributed by atoms with Crippen LogP contribution in [0.15, 0.2) is 18.2 Å². The number of carbonyl (C=O) groups is 1. The van der Waals surface area contributed by atoms with Crippen LogP contribution < -0.4 is 10.1 Å². The van der Waals surface area contributed by atoms with Gasteiger partial charge in [0.1, 0.15) is 11.5 Å². The number of piperidine rings is 1. The van der Waals surface area contributed by atoms with Gasteiger partial charge in [0.2, 0.25) is 0 Å². The van der Waals surface area contributed by atoms with Gasteiger partial charge in [-0.3, -0.25) is 4.79 Å². The molecule has 108 valence electrons. The molecule has 1 aromatic rings. The van der Waals surface area contributed by atoms with Gasteiger partial charge in [-0.2, -0.15) is 0 Å². The average Bonchev–Trinajstić information content (AvgIpc) is 2.95. The first-order chi connectivity index (χ1) is 9.83. The van der Waals surface area contributed by atoms with Gasteiger partial charge in [0, 0.05) is 12.3 Å². The summed E-state index contributed by atoms with van der Waals surface area (Å²) in [6.07, 6.45) is 6.13. The van der Waals surface area contributed by atoms with Gasteiger partial charge in [-0.1, -0.05) is 6.07 Å². The van der Waals surface area contributed by atoms with E-state index in [1.54, 1.807) is 0 Å². The fourth-order valence-corrected chi connectivity index (χ4v) is 3.26. The van der Waals surface area contributed by atoms with Gasteiger partial charge in [-0.15, -0.1) is 0 Å². The summed E-state index contributed by atoms with van der Waals surface area (Å²) >= 11 is 0. The third-order valence-electron chi connectivity index (χ3n) is 4.48. The van der Waals surface area contributed by atoms with Crippen LogP contribution in [0.1, 0.15) is 36.8 Å². The van der Waals surface area contributed by atoms with E-state index in [9.17, 15) is 4.79 Å². The molecule has 1 aromatic carbocycles. The second-order valence-electron chi connectivity index (χ2n) is 5.87.